The first-order valence-corrected chi connectivity index (χ1v) is 9.80. The van der Waals surface area contributed by atoms with Gasteiger partial charge in [0.1, 0.15) is 0 Å². The third-order valence-corrected chi connectivity index (χ3v) is 5.51. The second-order valence-corrected chi connectivity index (χ2v) is 7.35. The lowest BCUT2D eigenvalue weighted by molar-refractivity contribution is -0.127. The van der Waals surface area contributed by atoms with Crippen molar-refractivity contribution in [3.63, 3.8) is 0 Å². The maximum Gasteiger partial charge on any atom is 0.231 e. The van der Waals surface area contributed by atoms with Crippen molar-refractivity contribution in [3.05, 3.63) is 72.3 Å². The SMILES string of the molecule is C=CCN1CC(C(=O)NCc2ccc3c(c2)OCO3)CCC1c1ccccc1. The highest BCUT2D eigenvalue weighted by Crippen LogP contribution is 2.34. The van der Waals surface area contributed by atoms with Gasteiger partial charge in [0.05, 0.1) is 5.92 Å². The van der Waals surface area contributed by atoms with Crippen molar-refractivity contribution >= 4 is 5.91 Å². The Morgan fingerprint density at radius 1 is 1.14 bits per heavy atom. The monoisotopic (exact) mass is 378 g/mol. The average Bonchev–Trinajstić information content (AvgIpc) is 3.21. The van der Waals surface area contributed by atoms with Gasteiger partial charge in [-0.05, 0) is 36.1 Å². The number of likely N-dealkylation sites (tertiary alicyclic amines) is 1. The van der Waals surface area contributed by atoms with Gasteiger partial charge in [-0.2, -0.15) is 0 Å². The molecule has 4 rings (SSSR count). The minimum atomic E-state index is -0.00563. The van der Waals surface area contributed by atoms with Crippen molar-refractivity contribution in [1.82, 2.24) is 10.2 Å². The molecule has 1 saturated heterocycles. The lowest BCUT2D eigenvalue weighted by Gasteiger charge is -2.39. The summed E-state index contributed by atoms with van der Waals surface area (Å²) < 4.78 is 10.7. The summed E-state index contributed by atoms with van der Waals surface area (Å²) in [5.41, 5.74) is 2.32. The molecule has 1 fully saturated rings. The first kappa shape index (κ1) is 18.6. The number of benzene rings is 2. The van der Waals surface area contributed by atoms with E-state index < -0.39 is 0 Å². The van der Waals surface area contributed by atoms with Gasteiger partial charge in [0.2, 0.25) is 12.7 Å². The number of ether oxygens (including phenoxy) is 2. The van der Waals surface area contributed by atoms with Gasteiger partial charge in [0.25, 0.3) is 0 Å². The molecule has 5 nitrogen and oxygen atoms in total. The molecule has 2 aromatic rings. The van der Waals surface area contributed by atoms with Crippen molar-refractivity contribution in [2.75, 3.05) is 19.9 Å². The number of piperidine rings is 1. The van der Waals surface area contributed by atoms with Crippen molar-refractivity contribution in [1.29, 1.82) is 0 Å². The van der Waals surface area contributed by atoms with E-state index in [1.54, 1.807) is 0 Å². The first-order chi connectivity index (χ1) is 13.7. The quantitative estimate of drug-likeness (QED) is 0.780. The average molecular weight is 378 g/mol. The number of rotatable bonds is 6. The van der Waals surface area contributed by atoms with E-state index in [-0.39, 0.29) is 18.6 Å². The van der Waals surface area contributed by atoms with Crippen LogP contribution in [0.3, 0.4) is 0 Å². The Morgan fingerprint density at radius 2 is 1.96 bits per heavy atom. The molecule has 0 spiro atoms. The highest BCUT2D eigenvalue weighted by molar-refractivity contribution is 5.79. The number of hydrogen-bond donors (Lipinski definition) is 1. The summed E-state index contributed by atoms with van der Waals surface area (Å²) in [6, 6.07) is 16.6. The summed E-state index contributed by atoms with van der Waals surface area (Å²) in [5, 5.41) is 3.09. The maximum absolute atomic E-state index is 12.8. The summed E-state index contributed by atoms with van der Waals surface area (Å²) in [6.45, 7) is 6.18. The van der Waals surface area contributed by atoms with Crippen LogP contribution in [0, 0.1) is 5.92 Å². The maximum atomic E-state index is 12.8. The van der Waals surface area contributed by atoms with Gasteiger partial charge in [-0.1, -0.05) is 42.5 Å². The number of carbonyl (C=O) groups is 1. The third kappa shape index (κ3) is 4.04. The topological polar surface area (TPSA) is 50.8 Å². The number of nitrogens with one attached hydrogen (secondary N) is 1. The Hall–Kier alpha value is -2.79. The predicted molar refractivity (Wildman–Crippen MR) is 108 cm³/mol. The second-order valence-electron chi connectivity index (χ2n) is 7.35. The normalized spacial score (nSPS) is 21.3. The molecule has 0 aromatic heterocycles. The molecule has 2 aliphatic heterocycles. The Labute approximate surface area is 165 Å². The molecule has 146 valence electrons. The van der Waals surface area contributed by atoms with Crippen molar-refractivity contribution in [2.45, 2.75) is 25.4 Å². The van der Waals surface area contributed by atoms with E-state index in [1.165, 1.54) is 5.56 Å². The van der Waals surface area contributed by atoms with Crippen LogP contribution in [0.4, 0.5) is 0 Å². The molecular weight excluding hydrogens is 352 g/mol. The minimum absolute atomic E-state index is 0.00563. The van der Waals surface area contributed by atoms with Crippen LogP contribution < -0.4 is 14.8 Å². The Kier molecular flexibility index (Phi) is 5.63. The highest BCUT2D eigenvalue weighted by atomic mass is 16.7. The molecule has 0 radical (unpaired) electrons. The van der Waals surface area contributed by atoms with Gasteiger partial charge >= 0.3 is 0 Å². The molecule has 2 atom stereocenters. The lowest BCUT2D eigenvalue weighted by atomic mass is 9.88. The summed E-state index contributed by atoms with van der Waals surface area (Å²) in [5.74, 6) is 1.61. The minimum Gasteiger partial charge on any atom is -0.454 e. The Morgan fingerprint density at radius 3 is 2.79 bits per heavy atom. The van der Waals surface area contributed by atoms with E-state index in [2.05, 4.69) is 41.1 Å². The fourth-order valence-electron chi connectivity index (χ4n) is 4.06. The van der Waals surface area contributed by atoms with Crippen LogP contribution in [0.25, 0.3) is 0 Å². The molecule has 2 heterocycles. The lowest BCUT2D eigenvalue weighted by Crippen LogP contribution is -2.44. The molecule has 2 unspecified atom stereocenters. The molecule has 2 aliphatic rings. The zero-order chi connectivity index (χ0) is 19.3. The van der Waals surface area contributed by atoms with Crippen molar-refractivity contribution < 1.29 is 14.3 Å². The third-order valence-electron chi connectivity index (χ3n) is 5.51. The van der Waals surface area contributed by atoms with E-state index in [1.807, 2.05) is 30.3 Å². The van der Waals surface area contributed by atoms with Crippen molar-refractivity contribution in [2.24, 2.45) is 5.92 Å². The zero-order valence-electron chi connectivity index (χ0n) is 16.0. The fraction of sp³-hybridized carbons (Fsp3) is 0.348. The Balaban J connectivity index is 1.36. The number of nitrogens with zero attached hydrogens (tertiary/aromatic N) is 1. The van der Waals surface area contributed by atoms with Crippen LogP contribution in [0.2, 0.25) is 0 Å². The number of amides is 1. The van der Waals surface area contributed by atoms with Crippen LogP contribution in [-0.2, 0) is 11.3 Å². The van der Waals surface area contributed by atoms with Crippen LogP contribution in [0.5, 0.6) is 11.5 Å². The van der Waals surface area contributed by atoms with Crippen LogP contribution in [0.1, 0.15) is 30.0 Å². The Bertz CT molecular complexity index is 837. The van der Waals surface area contributed by atoms with Gasteiger partial charge < -0.3 is 14.8 Å². The molecule has 5 heteroatoms. The molecule has 28 heavy (non-hydrogen) atoms. The van der Waals surface area contributed by atoms with E-state index in [9.17, 15) is 4.79 Å². The highest BCUT2D eigenvalue weighted by Gasteiger charge is 2.32. The largest absolute Gasteiger partial charge is 0.454 e. The summed E-state index contributed by atoms with van der Waals surface area (Å²) >= 11 is 0. The second kappa shape index (κ2) is 8.48. The zero-order valence-corrected chi connectivity index (χ0v) is 16.0. The summed E-state index contributed by atoms with van der Waals surface area (Å²) in [7, 11) is 0. The van der Waals surface area contributed by atoms with Gasteiger partial charge in [0, 0.05) is 25.7 Å². The van der Waals surface area contributed by atoms with E-state index >= 15 is 0 Å². The molecular formula is C23H26N2O3. The van der Waals surface area contributed by atoms with Gasteiger partial charge in [-0.15, -0.1) is 6.58 Å². The van der Waals surface area contributed by atoms with E-state index in [0.29, 0.717) is 12.6 Å². The van der Waals surface area contributed by atoms with Gasteiger partial charge in [-0.3, -0.25) is 9.69 Å². The van der Waals surface area contributed by atoms with E-state index in [4.69, 9.17) is 9.47 Å². The van der Waals surface area contributed by atoms with Crippen LogP contribution in [0.15, 0.2) is 61.2 Å². The molecule has 0 bridgehead atoms. The molecule has 2 aromatic carbocycles. The number of hydrogen-bond acceptors (Lipinski definition) is 4. The summed E-state index contributed by atoms with van der Waals surface area (Å²) in [4.78, 5) is 15.1. The first-order valence-electron chi connectivity index (χ1n) is 9.80. The van der Waals surface area contributed by atoms with Gasteiger partial charge in [-0.25, -0.2) is 0 Å². The molecule has 0 aliphatic carbocycles. The number of carbonyl (C=O) groups excluding carboxylic acids is 1. The van der Waals surface area contributed by atoms with Crippen molar-refractivity contribution in [3.8, 4) is 11.5 Å². The molecule has 1 amide bonds. The van der Waals surface area contributed by atoms with Crippen LogP contribution >= 0.6 is 0 Å². The molecule has 0 saturated carbocycles. The fourth-order valence-corrected chi connectivity index (χ4v) is 4.06. The van der Waals surface area contributed by atoms with Crippen LogP contribution in [-0.4, -0.2) is 30.7 Å². The standard InChI is InChI=1S/C23H26N2O3/c1-2-12-25-15-19(9-10-20(25)18-6-4-3-5-7-18)23(26)24-14-17-8-11-21-22(13-17)28-16-27-21/h2-8,11,13,19-20H,1,9-10,12,14-16H2,(H,24,26). The smallest absolute Gasteiger partial charge is 0.231 e. The molecule has 1 N–H and O–H groups in total. The van der Waals surface area contributed by atoms with Gasteiger partial charge in [0.15, 0.2) is 11.5 Å². The number of fused-ring (bicyclic) bond motifs is 1. The van der Waals surface area contributed by atoms with E-state index in [0.717, 1.165) is 43.0 Å². The summed E-state index contributed by atoms with van der Waals surface area (Å²) in [6.07, 6.45) is 3.78. The predicted octanol–water partition coefficient (Wildman–Crippen LogP) is 3.67.